The summed E-state index contributed by atoms with van der Waals surface area (Å²) in [5.74, 6) is 0. The standard InChI is InChI=1S/C13H14N4/c1-15-8-12-9-17(2)16-13(12)11-5-3-4-10(6-11)7-14/h3-6,9,15H,8H2,1-2H3. The molecule has 0 bridgehead atoms. The van der Waals surface area contributed by atoms with Crippen LogP contribution in [0.4, 0.5) is 0 Å². The lowest BCUT2D eigenvalue weighted by Crippen LogP contribution is -2.05. The van der Waals surface area contributed by atoms with E-state index in [4.69, 9.17) is 5.26 Å². The van der Waals surface area contributed by atoms with Crippen molar-refractivity contribution in [1.29, 1.82) is 5.26 Å². The van der Waals surface area contributed by atoms with Gasteiger partial charge in [-0.25, -0.2) is 0 Å². The number of aromatic nitrogens is 2. The molecule has 0 atom stereocenters. The molecule has 4 nitrogen and oxygen atoms in total. The molecule has 0 saturated carbocycles. The van der Waals surface area contributed by atoms with E-state index in [0.29, 0.717) is 5.56 Å². The van der Waals surface area contributed by atoms with E-state index in [1.807, 2.05) is 38.5 Å². The molecule has 86 valence electrons. The Morgan fingerprint density at radius 2 is 2.29 bits per heavy atom. The number of rotatable bonds is 3. The van der Waals surface area contributed by atoms with Crippen LogP contribution < -0.4 is 5.32 Å². The highest BCUT2D eigenvalue weighted by atomic mass is 15.3. The minimum absolute atomic E-state index is 0.656. The summed E-state index contributed by atoms with van der Waals surface area (Å²) in [6, 6.07) is 9.66. The monoisotopic (exact) mass is 226 g/mol. The van der Waals surface area contributed by atoms with Gasteiger partial charge in [0.1, 0.15) is 0 Å². The van der Waals surface area contributed by atoms with Crippen LogP contribution in [-0.2, 0) is 13.6 Å². The average molecular weight is 226 g/mol. The van der Waals surface area contributed by atoms with Crippen molar-refractivity contribution in [2.75, 3.05) is 7.05 Å². The second kappa shape index (κ2) is 4.81. The van der Waals surface area contributed by atoms with E-state index in [2.05, 4.69) is 16.5 Å². The fourth-order valence-electron chi connectivity index (χ4n) is 1.84. The summed E-state index contributed by atoms with van der Waals surface area (Å²) in [5, 5.41) is 16.5. The molecule has 4 heteroatoms. The van der Waals surface area contributed by atoms with Crippen LogP contribution in [0, 0.1) is 11.3 Å². The Kier molecular flexibility index (Phi) is 3.22. The third-order valence-corrected chi connectivity index (χ3v) is 2.54. The van der Waals surface area contributed by atoms with E-state index in [-0.39, 0.29) is 0 Å². The van der Waals surface area contributed by atoms with E-state index in [0.717, 1.165) is 23.4 Å². The van der Waals surface area contributed by atoms with Gasteiger partial charge >= 0.3 is 0 Å². The van der Waals surface area contributed by atoms with Gasteiger partial charge in [0.15, 0.2) is 0 Å². The summed E-state index contributed by atoms with van der Waals surface area (Å²) < 4.78 is 1.79. The SMILES string of the molecule is CNCc1cn(C)nc1-c1cccc(C#N)c1. The van der Waals surface area contributed by atoms with Crippen LogP contribution in [0.2, 0.25) is 0 Å². The van der Waals surface area contributed by atoms with Crippen LogP contribution >= 0.6 is 0 Å². The van der Waals surface area contributed by atoms with Gasteiger partial charge in [-0.05, 0) is 19.2 Å². The van der Waals surface area contributed by atoms with Gasteiger partial charge in [0.05, 0.1) is 17.3 Å². The molecule has 0 unspecified atom stereocenters. The lowest BCUT2D eigenvalue weighted by atomic mass is 10.1. The van der Waals surface area contributed by atoms with Gasteiger partial charge in [-0.1, -0.05) is 12.1 Å². The van der Waals surface area contributed by atoms with Crippen molar-refractivity contribution in [2.24, 2.45) is 7.05 Å². The van der Waals surface area contributed by atoms with Crippen LogP contribution in [-0.4, -0.2) is 16.8 Å². The molecule has 1 heterocycles. The minimum atomic E-state index is 0.656. The number of nitriles is 1. The molecule has 0 aliphatic carbocycles. The zero-order valence-corrected chi connectivity index (χ0v) is 9.94. The summed E-state index contributed by atoms with van der Waals surface area (Å²) >= 11 is 0. The van der Waals surface area contributed by atoms with Crippen molar-refractivity contribution in [1.82, 2.24) is 15.1 Å². The van der Waals surface area contributed by atoms with E-state index < -0.39 is 0 Å². The van der Waals surface area contributed by atoms with Gasteiger partial charge in [0.25, 0.3) is 0 Å². The van der Waals surface area contributed by atoms with Gasteiger partial charge in [-0.3, -0.25) is 4.68 Å². The number of benzene rings is 1. The third kappa shape index (κ3) is 2.35. The first-order valence-electron chi connectivity index (χ1n) is 5.42. The summed E-state index contributed by atoms with van der Waals surface area (Å²) in [6.45, 7) is 0.764. The molecule has 1 aromatic carbocycles. The summed E-state index contributed by atoms with van der Waals surface area (Å²) in [5.41, 5.74) is 3.70. The van der Waals surface area contributed by atoms with Crippen molar-refractivity contribution in [3.8, 4) is 17.3 Å². The second-order valence-corrected chi connectivity index (χ2v) is 3.90. The molecule has 0 amide bonds. The lowest BCUT2D eigenvalue weighted by Gasteiger charge is -2.01. The molecular weight excluding hydrogens is 212 g/mol. The fraction of sp³-hybridized carbons (Fsp3) is 0.231. The van der Waals surface area contributed by atoms with E-state index in [9.17, 15) is 0 Å². The predicted molar refractivity (Wildman–Crippen MR) is 66.1 cm³/mol. The van der Waals surface area contributed by atoms with Crippen LogP contribution in [0.5, 0.6) is 0 Å². The Balaban J connectivity index is 2.48. The number of nitrogens with zero attached hydrogens (tertiary/aromatic N) is 3. The van der Waals surface area contributed by atoms with E-state index in [1.54, 1.807) is 10.7 Å². The molecule has 0 fully saturated rings. The first-order chi connectivity index (χ1) is 8.24. The Bertz CT molecular complexity index is 563. The maximum atomic E-state index is 8.90. The molecule has 0 spiro atoms. The topological polar surface area (TPSA) is 53.6 Å². The zero-order valence-electron chi connectivity index (χ0n) is 9.94. The Hall–Kier alpha value is -2.12. The average Bonchev–Trinajstić information content (AvgIpc) is 2.71. The molecule has 1 N–H and O–H groups in total. The molecule has 17 heavy (non-hydrogen) atoms. The van der Waals surface area contributed by atoms with Crippen molar-refractivity contribution in [3.63, 3.8) is 0 Å². The van der Waals surface area contributed by atoms with Gasteiger partial charge in [-0.2, -0.15) is 10.4 Å². The third-order valence-electron chi connectivity index (χ3n) is 2.54. The summed E-state index contributed by atoms with van der Waals surface area (Å²) in [6.07, 6.45) is 1.99. The van der Waals surface area contributed by atoms with Gasteiger partial charge in [0, 0.05) is 30.9 Å². The molecule has 2 aromatic rings. The van der Waals surface area contributed by atoms with Gasteiger partial charge in [-0.15, -0.1) is 0 Å². The van der Waals surface area contributed by atoms with E-state index >= 15 is 0 Å². The molecule has 0 saturated heterocycles. The lowest BCUT2D eigenvalue weighted by molar-refractivity contribution is 0.765. The zero-order chi connectivity index (χ0) is 12.3. The number of hydrogen-bond acceptors (Lipinski definition) is 3. The molecule has 1 aromatic heterocycles. The van der Waals surface area contributed by atoms with Crippen LogP contribution in [0.1, 0.15) is 11.1 Å². The van der Waals surface area contributed by atoms with Gasteiger partial charge < -0.3 is 5.32 Å². The van der Waals surface area contributed by atoms with Crippen molar-refractivity contribution in [3.05, 3.63) is 41.6 Å². The molecule has 0 radical (unpaired) electrons. The maximum absolute atomic E-state index is 8.90. The number of nitrogens with one attached hydrogen (secondary N) is 1. The molecule has 0 aliphatic heterocycles. The Morgan fingerprint density at radius 1 is 1.47 bits per heavy atom. The number of hydrogen-bond donors (Lipinski definition) is 1. The van der Waals surface area contributed by atoms with Crippen LogP contribution in [0.25, 0.3) is 11.3 Å². The molecule has 2 rings (SSSR count). The highest BCUT2D eigenvalue weighted by Gasteiger charge is 2.09. The summed E-state index contributed by atoms with van der Waals surface area (Å²) in [4.78, 5) is 0. The van der Waals surface area contributed by atoms with Crippen LogP contribution in [0.15, 0.2) is 30.5 Å². The summed E-state index contributed by atoms with van der Waals surface area (Å²) in [7, 11) is 3.80. The first kappa shape index (κ1) is 11.4. The first-order valence-corrected chi connectivity index (χ1v) is 5.42. The normalized spacial score (nSPS) is 10.2. The highest BCUT2D eigenvalue weighted by Crippen LogP contribution is 2.22. The quantitative estimate of drug-likeness (QED) is 0.866. The maximum Gasteiger partial charge on any atom is 0.0991 e. The predicted octanol–water partition coefficient (Wildman–Crippen LogP) is 1.68. The molecular formula is C13H14N4. The van der Waals surface area contributed by atoms with Crippen molar-refractivity contribution in [2.45, 2.75) is 6.54 Å². The highest BCUT2D eigenvalue weighted by molar-refractivity contribution is 5.64. The molecule has 0 aliphatic rings. The van der Waals surface area contributed by atoms with Crippen molar-refractivity contribution < 1.29 is 0 Å². The Labute approximate surface area is 100 Å². The van der Waals surface area contributed by atoms with Crippen molar-refractivity contribution >= 4 is 0 Å². The van der Waals surface area contributed by atoms with Gasteiger partial charge in [0.2, 0.25) is 0 Å². The largest absolute Gasteiger partial charge is 0.316 e. The van der Waals surface area contributed by atoms with Crippen LogP contribution in [0.3, 0.4) is 0 Å². The Morgan fingerprint density at radius 3 is 3.00 bits per heavy atom. The fourth-order valence-corrected chi connectivity index (χ4v) is 1.84. The smallest absolute Gasteiger partial charge is 0.0991 e. The van der Waals surface area contributed by atoms with E-state index in [1.165, 1.54) is 0 Å². The minimum Gasteiger partial charge on any atom is -0.316 e. The number of aryl methyl sites for hydroxylation is 1. The second-order valence-electron chi connectivity index (χ2n) is 3.90.